The van der Waals surface area contributed by atoms with Crippen molar-refractivity contribution in [1.29, 1.82) is 10.5 Å². The molecule has 0 heterocycles. The van der Waals surface area contributed by atoms with E-state index < -0.39 is 6.18 Å². The Balaban J connectivity index is -0.000000147. The second kappa shape index (κ2) is 13.3. The maximum absolute atomic E-state index is 10.6. The highest BCUT2D eigenvalue weighted by Crippen LogP contribution is 2.11. The van der Waals surface area contributed by atoms with Crippen LogP contribution in [0, 0.1) is 47.4 Å². The minimum absolute atomic E-state index is 0.233. The molecule has 0 aliphatic carbocycles. The Morgan fingerprint density at radius 1 is 1.00 bits per heavy atom. The van der Waals surface area contributed by atoms with E-state index in [1.165, 1.54) is 12.1 Å². The zero-order chi connectivity index (χ0) is 12.0. The molecule has 0 aromatic heterocycles. The molecule has 0 aromatic carbocycles. The minimum Gasteiger partial charge on any atom is -0.181 e. The molecular formula is C7HF5N2. The molecule has 0 amide bonds. The van der Waals surface area contributed by atoms with E-state index in [-0.39, 0.29) is 6.17 Å². The van der Waals surface area contributed by atoms with Crippen LogP contribution in [-0.4, -0.2) is 6.18 Å². The lowest BCUT2D eigenvalue weighted by molar-refractivity contribution is -0.0699. The van der Waals surface area contributed by atoms with Crippen LogP contribution in [0.3, 0.4) is 0 Å². The van der Waals surface area contributed by atoms with Gasteiger partial charge >= 0.3 is 6.18 Å². The molecule has 0 spiro atoms. The Morgan fingerprint density at radius 3 is 1.29 bits per heavy atom. The number of terminal acetylenes is 1. The summed E-state index contributed by atoms with van der Waals surface area (Å²) in [4.78, 5) is 0. The van der Waals surface area contributed by atoms with E-state index in [1.54, 1.807) is 0 Å². The van der Waals surface area contributed by atoms with Crippen molar-refractivity contribution in [2.75, 3.05) is 0 Å². The summed E-state index contributed by atoms with van der Waals surface area (Å²) in [6, 6.07) is 2.47. The topological polar surface area (TPSA) is 47.6 Å². The van der Waals surface area contributed by atoms with Crippen molar-refractivity contribution in [2.24, 2.45) is 0 Å². The van der Waals surface area contributed by atoms with E-state index in [0.29, 0.717) is 5.92 Å². The predicted octanol–water partition coefficient (Wildman–Crippen LogP) is 2.06. The van der Waals surface area contributed by atoms with Crippen LogP contribution in [0.4, 0.5) is 22.0 Å². The van der Waals surface area contributed by atoms with Crippen LogP contribution < -0.4 is 0 Å². The van der Waals surface area contributed by atoms with Crippen LogP contribution in [0.15, 0.2) is 0 Å². The molecule has 0 unspecified atom stereocenters. The molecule has 2 nitrogen and oxygen atoms in total. The standard InChI is InChI=1S/C3F4.C2HF.C2N2/c4-2-1-3(5,6)7;1-2-3;3-1-2-4/h;1H;. The van der Waals surface area contributed by atoms with Gasteiger partial charge in [0.25, 0.3) is 0 Å². The maximum atomic E-state index is 10.6. The molecule has 74 valence electrons. The molecule has 0 aliphatic heterocycles. The van der Waals surface area contributed by atoms with Gasteiger partial charge in [0.05, 0.1) is 0 Å². The second-order valence-electron chi connectivity index (χ2n) is 1.05. The van der Waals surface area contributed by atoms with Crippen LogP contribution in [0.2, 0.25) is 0 Å². The van der Waals surface area contributed by atoms with Gasteiger partial charge in [-0.3, -0.25) is 0 Å². The van der Waals surface area contributed by atoms with E-state index in [1.807, 2.05) is 0 Å². The van der Waals surface area contributed by atoms with Crippen molar-refractivity contribution in [3.05, 3.63) is 0 Å². The van der Waals surface area contributed by atoms with Crippen LogP contribution in [0.25, 0.3) is 0 Å². The summed E-state index contributed by atoms with van der Waals surface area (Å²) in [6.45, 7) is 0. The number of hydrogen-bond donors (Lipinski definition) is 0. The van der Waals surface area contributed by atoms with Crippen LogP contribution in [-0.2, 0) is 0 Å². The fourth-order valence-electron chi connectivity index (χ4n) is 0.0536. The summed E-state index contributed by atoms with van der Waals surface area (Å²) in [5.41, 5.74) is 0. The Hall–Kier alpha value is -2.25. The fraction of sp³-hybridized carbons (Fsp3) is 0.143. The third-order valence-corrected chi connectivity index (χ3v) is 0.239. The van der Waals surface area contributed by atoms with Gasteiger partial charge in [0.1, 0.15) is 12.3 Å². The highest BCUT2D eigenvalue weighted by molar-refractivity contribution is 4.99. The van der Waals surface area contributed by atoms with E-state index in [2.05, 4.69) is 6.42 Å². The largest absolute Gasteiger partial charge is 0.460 e. The second-order valence-corrected chi connectivity index (χ2v) is 1.05. The molecule has 0 rings (SSSR count). The van der Waals surface area contributed by atoms with Gasteiger partial charge in [0.15, 0.2) is 12.1 Å². The summed E-state index contributed by atoms with van der Waals surface area (Å²) in [5.74, 6) is 0.368. The van der Waals surface area contributed by atoms with Crippen LogP contribution >= 0.6 is 0 Å². The molecular weight excluding hydrogens is 207 g/mol. The third kappa shape index (κ3) is 98.7. The van der Waals surface area contributed by atoms with Gasteiger partial charge in [-0.2, -0.15) is 23.7 Å². The first-order valence-electron chi connectivity index (χ1n) is 2.43. The van der Waals surface area contributed by atoms with Gasteiger partial charge < -0.3 is 0 Å². The first kappa shape index (κ1) is 17.7. The van der Waals surface area contributed by atoms with Crippen molar-refractivity contribution >= 4 is 0 Å². The molecule has 0 N–H and O–H groups in total. The van der Waals surface area contributed by atoms with Crippen molar-refractivity contribution < 1.29 is 22.0 Å². The molecule has 0 saturated carbocycles. The van der Waals surface area contributed by atoms with Crippen molar-refractivity contribution in [2.45, 2.75) is 6.18 Å². The van der Waals surface area contributed by atoms with Crippen molar-refractivity contribution in [1.82, 2.24) is 0 Å². The zero-order valence-electron chi connectivity index (χ0n) is 6.36. The number of nitrogens with zero attached hydrogens (tertiary/aromatic N) is 2. The monoisotopic (exact) mass is 208 g/mol. The number of alkyl halides is 3. The molecule has 0 saturated heterocycles. The van der Waals surface area contributed by atoms with E-state index >= 15 is 0 Å². The molecule has 0 atom stereocenters. The van der Waals surface area contributed by atoms with Gasteiger partial charge in [0.2, 0.25) is 0 Å². The first-order valence-corrected chi connectivity index (χ1v) is 2.43. The lowest BCUT2D eigenvalue weighted by atomic mass is 10.7. The van der Waals surface area contributed by atoms with Gasteiger partial charge in [-0.05, 0) is 0 Å². The third-order valence-electron chi connectivity index (χ3n) is 0.239. The number of halogens is 5. The van der Waals surface area contributed by atoms with Crippen molar-refractivity contribution in [3.63, 3.8) is 0 Å². The molecule has 0 fully saturated rings. The van der Waals surface area contributed by atoms with Crippen LogP contribution in [0.1, 0.15) is 0 Å². The van der Waals surface area contributed by atoms with Crippen LogP contribution in [0.5, 0.6) is 0 Å². The van der Waals surface area contributed by atoms with Gasteiger partial charge in [-0.1, -0.05) is 6.42 Å². The van der Waals surface area contributed by atoms with Crippen molar-refractivity contribution in [3.8, 4) is 36.8 Å². The smallest absolute Gasteiger partial charge is 0.181 e. The zero-order valence-corrected chi connectivity index (χ0v) is 6.36. The van der Waals surface area contributed by atoms with E-state index in [4.69, 9.17) is 10.5 Å². The maximum Gasteiger partial charge on any atom is 0.460 e. The fourth-order valence-corrected chi connectivity index (χ4v) is 0.0536. The Labute approximate surface area is 76.6 Å². The Bertz CT molecular complexity index is 289. The molecule has 7 heteroatoms. The molecule has 0 aromatic rings. The Kier molecular flexibility index (Phi) is 16.9. The number of hydrogen-bond acceptors (Lipinski definition) is 2. The molecule has 0 bridgehead atoms. The first-order chi connectivity index (χ1) is 6.39. The van der Waals surface area contributed by atoms with E-state index in [9.17, 15) is 22.0 Å². The average molecular weight is 208 g/mol. The predicted molar refractivity (Wildman–Crippen MR) is 36.1 cm³/mol. The Morgan fingerprint density at radius 2 is 1.29 bits per heavy atom. The normalized spacial score (nSPS) is 6.14. The summed E-state index contributed by atoms with van der Waals surface area (Å²) < 4.78 is 52.2. The minimum atomic E-state index is -4.69. The lowest BCUT2D eigenvalue weighted by Gasteiger charge is -1.88. The quantitative estimate of drug-likeness (QED) is 0.451. The summed E-state index contributed by atoms with van der Waals surface area (Å²) in [6.07, 6.45) is 0.227. The number of rotatable bonds is 0. The summed E-state index contributed by atoms with van der Waals surface area (Å²) >= 11 is 0. The molecule has 0 aliphatic rings. The average Bonchev–Trinajstić information content (AvgIpc) is 2.04. The van der Waals surface area contributed by atoms with E-state index in [0.717, 1.165) is 6.17 Å². The van der Waals surface area contributed by atoms with Gasteiger partial charge in [-0.15, -0.1) is 8.78 Å². The highest BCUT2D eigenvalue weighted by Gasteiger charge is 2.23. The highest BCUT2D eigenvalue weighted by atomic mass is 19.4. The van der Waals surface area contributed by atoms with Gasteiger partial charge in [0, 0.05) is 5.92 Å². The lowest BCUT2D eigenvalue weighted by Crippen LogP contribution is -2.00. The molecule has 0 radical (unpaired) electrons. The summed E-state index contributed by atoms with van der Waals surface area (Å²) in [5, 5.41) is 14.5. The van der Waals surface area contributed by atoms with Gasteiger partial charge in [-0.25, -0.2) is 0 Å². The SMILES string of the molecule is C#CF.FC#CC(F)(F)F.N#CC#N. The summed E-state index contributed by atoms with van der Waals surface area (Å²) in [7, 11) is 0. The molecule has 14 heavy (non-hydrogen) atoms. The number of nitriles is 2.